The van der Waals surface area contributed by atoms with Gasteiger partial charge in [0.25, 0.3) is 0 Å². The van der Waals surface area contributed by atoms with Crippen molar-refractivity contribution in [3.8, 4) is 0 Å². The molecule has 10 unspecified atom stereocenters. The first-order chi connectivity index (χ1) is 19.5. The predicted octanol–water partition coefficient (Wildman–Crippen LogP) is 4.39. The Balaban J connectivity index is 1.96. The Bertz CT molecular complexity index is 1080. The van der Waals surface area contributed by atoms with E-state index in [0.29, 0.717) is 12.0 Å². The third-order valence-corrected chi connectivity index (χ3v) is 10.1. The second-order valence-electron chi connectivity index (χ2n) is 13.4. The average Bonchev–Trinajstić information content (AvgIpc) is 2.91. The van der Waals surface area contributed by atoms with Gasteiger partial charge in [-0.25, -0.2) is 4.79 Å². The average molecular weight is 593 g/mol. The van der Waals surface area contributed by atoms with Gasteiger partial charge in [0.15, 0.2) is 6.29 Å². The zero-order valence-corrected chi connectivity index (χ0v) is 26.8. The number of ether oxygens (including phenoxy) is 4. The van der Waals surface area contributed by atoms with Crippen molar-refractivity contribution in [2.24, 2.45) is 22.7 Å². The third kappa shape index (κ3) is 7.18. The van der Waals surface area contributed by atoms with Gasteiger partial charge >= 0.3 is 11.9 Å². The van der Waals surface area contributed by atoms with Crippen LogP contribution < -0.4 is 0 Å². The summed E-state index contributed by atoms with van der Waals surface area (Å²) in [6, 6.07) is 0. The first-order valence-corrected chi connectivity index (χ1v) is 15.2. The number of fused-ring (bicyclic) bond motifs is 1. The van der Waals surface area contributed by atoms with Crippen molar-refractivity contribution < 1.29 is 43.9 Å². The Morgan fingerprint density at radius 1 is 1.10 bits per heavy atom. The van der Waals surface area contributed by atoms with Crippen LogP contribution in [0.4, 0.5) is 0 Å². The highest BCUT2D eigenvalue weighted by Crippen LogP contribution is 2.62. The van der Waals surface area contributed by atoms with Crippen molar-refractivity contribution in [1.82, 2.24) is 0 Å². The minimum absolute atomic E-state index is 0.163. The van der Waals surface area contributed by atoms with Crippen molar-refractivity contribution in [2.75, 3.05) is 6.61 Å². The highest BCUT2D eigenvalue weighted by atomic mass is 16.7. The summed E-state index contributed by atoms with van der Waals surface area (Å²) in [5, 5.41) is 31.5. The van der Waals surface area contributed by atoms with E-state index in [1.807, 2.05) is 13.0 Å². The molecular weight excluding hydrogens is 540 g/mol. The summed E-state index contributed by atoms with van der Waals surface area (Å²) in [7, 11) is 0. The SMILES string of the molecule is CC=C(C)C(=O)OC1C(OC2OC(C)C(O)C(O)C2O)CC2(C)C(CCC(C)=CCOC(C)=O)C(C)=CCC2C1(C)C. The van der Waals surface area contributed by atoms with E-state index >= 15 is 0 Å². The number of aliphatic hydroxyl groups excluding tert-OH is 3. The monoisotopic (exact) mass is 592 g/mol. The number of hydrogen-bond donors (Lipinski definition) is 3. The first-order valence-electron chi connectivity index (χ1n) is 15.2. The van der Waals surface area contributed by atoms with Gasteiger partial charge < -0.3 is 34.3 Å². The summed E-state index contributed by atoms with van der Waals surface area (Å²) in [5.74, 6) is -0.360. The molecule has 3 aliphatic rings. The van der Waals surface area contributed by atoms with Gasteiger partial charge in [0.05, 0.1) is 12.2 Å². The summed E-state index contributed by atoms with van der Waals surface area (Å²) in [5.41, 5.74) is 2.18. The molecule has 1 heterocycles. The molecule has 3 rings (SSSR count). The van der Waals surface area contributed by atoms with Gasteiger partial charge in [-0.05, 0) is 83.6 Å². The van der Waals surface area contributed by atoms with Crippen molar-refractivity contribution in [2.45, 2.75) is 131 Å². The Labute approximate surface area is 250 Å². The van der Waals surface area contributed by atoms with E-state index in [9.17, 15) is 24.9 Å². The first kappa shape index (κ1) is 34.5. The molecule has 1 saturated heterocycles. The molecule has 0 aromatic carbocycles. The molecule has 0 aromatic rings. The van der Waals surface area contributed by atoms with Crippen LogP contribution in [-0.2, 0) is 28.5 Å². The molecule has 3 N–H and O–H groups in total. The van der Waals surface area contributed by atoms with E-state index in [4.69, 9.17) is 18.9 Å². The summed E-state index contributed by atoms with van der Waals surface area (Å²) >= 11 is 0. The van der Waals surface area contributed by atoms with E-state index in [1.165, 1.54) is 12.5 Å². The highest BCUT2D eigenvalue weighted by molar-refractivity contribution is 5.87. The number of carbonyl (C=O) groups is 2. The molecule has 42 heavy (non-hydrogen) atoms. The summed E-state index contributed by atoms with van der Waals surface area (Å²) in [4.78, 5) is 24.3. The molecular formula is C33H52O9. The topological polar surface area (TPSA) is 132 Å². The largest absolute Gasteiger partial charge is 0.462 e. The van der Waals surface area contributed by atoms with Crippen LogP contribution in [0.25, 0.3) is 0 Å². The van der Waals surface area contributed by atoms with Crippen LogP contribution in [0.15, 0.2) is 34.9 Å². The predicted molar refractivity (Wildman–Crippen MR) is 158 cm³/mol. The van der Waals surface area contributed by atoms with Crippen molar-refractivity contribution in [3.63, 3.8) is 0 Å². The lowest BCUT2D eigenvalue weighted by molar-refractivity contribution is -0.325. The lowest BCUT2D eigenvalue weighted by Gasteiger charge is -2.61. The third-order valence-electron chi connectivity index (χ3n) is 10.1. The highest BCUT2D eigenvalue weighted by Gasteiger charge is 2.61. The minimum atomic E-state index is -1.47. The van der Waals surface area contributed by atoms with Gasteiger partial charge in [-0.1, -0.05) is 44.1 Å². The van der Waals surface area contributed by atoms with Crippen LogP contribution in [0, 0.1) is 22.7 Å². The molecule has 9 nitrogen and oxygen atoms in total. The maximum atomic E-state index is 13.1. The number of carbonyl (C=O) groups excluding carboxylic acids is 2. The Morgan fingerprint density at radius 3 is 2.38 bits per heavy atom. The van der Waals surface area contributed by atoms with Gasteiger partial charge in [0.2, 0.25) is 0 Å². The number of hydrogen-bond acceptors (Lipinski definition) is 9. The summed E-state index contributed by atoms with van der Waals surface area (Å²) in [6.07, 6.45) is 1.67. The van der Waals surface area contributed by atoms with Gasteiger partial charge in [-0.3, -0.25) is 4.79 Å². The van der Waals surface area contributed by atoms with Crippen LogP contribution in [0.3, 0.4) is 0 Å². The quantitative estimate of drug-likeness (QED) is 0.203. The fraction of sp³-hybridized carbons (Fsp3) is 0.758. The molecule has 2 aliphatic carbocycles. The maximum Gasteiger partial charge on any atom is 0.333 e. The fourth-order valence-electron chi connectivity index (χ4n) is 7.44. The van der Waals surface area contributed by atoms with Crippen LogP contribution in [0.2, 0.25) is 0 Å². The maximum absolute atomic E-state index is 13.1. The molecule has 0 aromatic heterocycles. The van der Waals surface area contributed by atoms with Crippen LogP contribution >= 0.6 is 0 Å². The zero-order valence-electron chi connectivity index (χ0n) is 26.8. The lowest BCUT2D eigenvalue weighted by atomic mass is 9.46. The molecule has 0 spiro atoms. The van der Waals surface area contributed by atoms with E-state index < -0.39 is 54.3 Å². The van der Waals surface area contributed by atoms with Gasteiger partial charge in [0.1, 0.15) is 31.0 Å². The number of aliphatic hydroxyl groups is 3. The second kappa shape index (κ2) is 13.7. The van der Waals surface area contributed by atoms with Gasteiger partial charge in [-0.15, -0.1) is 0 Å². The van der Waals surface area contributed by atoms with E-state index in [2.05, 4.69) is 33.8 Å². The minimum Gasteiger partial charge on any atom is -0.462 e. The zero-order chi connectivity index (χ0) is 31.6. The molecule has 238 valence electrons. The molecule has 1 saturated carbocycles. The summed E-state index contributed by atoms with van der Waals surface area (Å²) in [6.45, 7) is 17.5. The van der Waals surface area contributed by atoms with Crippen molar-refractivity contribution >= 4 is 11.9 Å². The van der Waals surface area contributed by atoms with Gasteiger partial charge in [0, 0.05) is 17.9 Å². The van der Waals surface area contributed by atoms with E-state index in [-0.39, 0.29) is 29.8 Å². The Morgan fingerprint density at radius 2 is 1.76 bits per heavy atom. The Hall–Kier alpha value is -2.04. The lowest BCUT2D eigenvalue weighted by Crippen LogP contribution is -2.64. The van der Waals surface area contributed by atoms with Gasteiger partial charge in [-0.2, -0.15) is 0 Å². The van der Waals surface area contributed by atoms with E-state index in [1.54, 1.807) is 26.8 Å². The van der Waals surface area contributed by atoms with Crippen molar-refractivity contribution in [3.05, 3.63) is 34.9 Å². The molecule has 9 heteroatoms. The van der Waals surface area contributed by atoms with Crippen molar-refractivity contribution in [1.29, 1.82) is 0 Å². The molecule has 1 aliphatic heterocycles. The fourth-order valence-corrected chi connectivity index (χ4v) is 7.44. The molecule has 0 amide bonds. The summed E-state index contributed by atoms with van der Waals surface area (Å²) < 4.78 is 23.6. The molecule has 10 atom stereocenters. The Kier molecular flexibility index (Phi) is 11.3. The van der Waals surface area contributed by atoms with E-state index in [0.717, 1.165) is 24.8 Å². The van der Waals surface area contributed by atoms with Crippen LogP contribution in [0.1, 0.15) is 88.0 Å². The van der Waals surface area contributed by atoms with Crippen LogP contribution in [0.5, 0.6) is 0 Å². The second-order valence-corrected chi connectivity index (χ2v) is 13.4. The smallest absolute Gasteiger partial charge is 0.333 e. The number of rotatable bonds is 9. The number of esters is 2. The van der Waals surface area contributed by atoms with Crippen LogP contribution in [-0.4, -0.2) is 76.8 Å². The molecule has 0 radical (unpaired) electrons. The normalized spacial score (nSPS) is 38.8. The standard InChI is InChI=1S/C33H52O9/c1-10-19(3)30(38)42-29-24(41-31-28(37)27(36)26(35)21(5)40-31)17-33(9)23(13-11-18(2)15-16-39-22(6)34)20(4)12-14-25(33)32(29,7)8/h10,12,15,21,23-29,31,35-37H,11,13-14,16-17H2,1-9H3. The number of allylic oxidation sites excluding steroid dienone is 4. The molecule has 0 bridgehead atoms. The molecule has 2 fully saturated rings.